The van der Waals surface area contributed by atoms with Gasteiger partial charge in [0, 0.05) is 47.1 Å². The molecule has 0 saturated carbocycles. The van der Waals surface area contributed by atoms with Crippen molar-refractivity contribution in [2.24, 2.45) is 0 Å². The van der Waals surface area contributed by atoms with E-state index in [1.54, 1.807) is 42.5 Å². The fourth-order valence-corrected chi connectivity index (χ4v) is 8.27. The molecule has 0 bridgehead atoms. The third-order valence-electron chi connectivity index (χ3n) is 10.3. The van der Waals surface area contributed by atoms with E-state index in [-0.39, 0.29) is 46.0 Å². The maximum absolute atomic E-state index is 12.3. The van der Waals surface area contributed by atoms with Gasteiger partial charge < -0.3 is 50.7 Å². The normalized spacial score (nSPS) is 20.9. The van der Waals surface area contributed by atoms with E-state index >= 15 is 0 Å². The van der Waals surface area contributed by atoms with Crippen molar-refractivity contribution in [3.8, 4) is 51.7 Å². The maximum Gasteiger partial charge on any atom is 0.135 e. The molecule has 0 saturated heterocycles. The van der Waals surface area contributed by atoms with Crippen LogP contribution in [0.2, 0.25) is 0 Å². The summed E-state index contributed by atoms with van der Waals surface area (Å²) in [5, 5.41) is 97.8. The van der Waals surface area contributed by atoms with Crippen LogP contribution in [0.25, 0.3) is 0 Å². The summed E-state index contributed by atoms with van der Waals surface area (Å²) in [4.78, 5) is 0. The number of phenolic OH excluding ortho intramolecular Hbond substituents is 8. The molecule has 6 unspecified atom stereocenters. The van der Waals surface area contributed by atoms with Gasteiger partial charge in [-0.25, -0.2) is 0 Å². The molecule has 0 spiro atoms. The molecule has 0 amide bonds. The maximum atomic E-state index is 12.3. The number of phenols is 8. The molecule has 0 aromatic heterocycles. The van der Waals surface area contributed by atoms with Gasteiger partial charge in [0.25, 0.3) is 0 Å². The molecule has 52 heavy (non-hydrogen) atoms. The second-order valence-electron chi connectivity index (χ2n) is 13.5. The van der Waals surface area contributed by atoms with Crippen molar-refractivity contribution in [2.45, 2.75) is 35.9 Å². The van der Waals surface area contributed by atoms with Crippen molar-refractivity contribution in [3.05, 3.63) is 160 Å². The Morgan fingerprint density at radius 2 is 0.962 bits per heavy atom. The Bertz CT molecular complexity index is 2280. The zero-order chi connectivity index (χ0) is 36.4. The smallest absolute Gasteiger partial charge is 0.135 e. The molecule has 1 aliphatic heterocycles. The highest BCUT2D eigenvalue weighted by Crippen LogP contribution is 2.65. The van der Waals surface area contributed by atoms with Crippen LogP contribution in [-0.2, 0) is 0 Å². The molecular weight excluding hydrogens is 664 g/mol. The van der Waals surface area contributed by atoms with Gasteiger partial charge in [0.05, 0.1) is 12.0 Å². The monoisotopic (exact) mass is 698 g/mol. The predicted octanol–water partition coefficient (Wildman–Crippen LogP) is 7.34. The van der Waals surface area contributed by atoms with Crippen LogP contribution in [0, 0.1) is 0 Å². The number of aliphatic hydroxyl groups excluding tert-OH is 1. The van der Waals surface area contributed by atoms with Gasteiger partial charge in [-0.2, -0.15) is 0 Å². The largest absolute Gasteiger partial charge is 0.508 e. The molecule has 2 aliphatic rings. The van der Waals surface area contributed by atoms with Gasteiger partial charge in [0.1, 0.15) is 57.8 Å². The zero-order valence-electron chi connectivity index (χ0n) is 27.4. The third kappa shape index (κ3) is 5.50. The molecule has 262 valence electrons. The fourth-order valence-electron chi connectivity index (χ4n) is 8.27. The van der Waals surface area contributed by atoms with Crippen LogP contribution in [0.3, 0.4) is 0 Å². The van der Waals surface area contributed by atoms with Crippen LogP contribution in [0.4, 0.5) is 0 Å². The first kappa shape index (κ1) is 32.7. The van der Waals surface area contributed by atoms with Crippen molar-refractivity contribution < 1.29 is 50.7 Å². The number of hydrogen-bond donors (Lipinski definition) is 9. The lowest BCUT2D eigenvalue weighted by Gasteiger charge is -2.32. The average molecular weight is 699 g/mol. The van der Waals surface area contributed by atoms with Gasteiger partial charge in [-0.3, -0.25) is 0 Å². The summed E-state index contributed by atoms with van der Waals surface area (Å²) in [7, 11) is 0. The topological polar surface area (TPSA) is 191 Å². The fraction of sp³-hybridized carbons (Fsp3) is 0.143. The summed E-state index contributed by atoms with van der Waals surface area (Å²) in [6.07, 6.45) is -2.05. The Morgan fingerprint density at radius 1 is 0.442 bits per heavy atom. The molecule has 0 fully saturated rings. The van der Waals surface area contributed by atoms with Gasteiger partial charge in [-0.15, -0.1) is 0 Å². The van der Waals surface area contributed by atoms with Crippen molar-refractivity contribution in [3.63, 3.8) is 0 Å². The van der Waals surface area contributed by atoms with Crippen LogP contribution in [-0.4, -0.2) is 46.0 Å². The van der Waals surface area contributed by atoms with E-state index in [2.05, 4.69) is 0 Å². The molecular formula is C42H34O10. The van der Waals surface area contributed by atoms with Crippen LogP contribution < -0.4 is 4.74 Å². The molecule has 1 heterocycles. The molecule has 6 atom stereocenters. The average Bonchev–Trinajstić information content (AvgIpc) is 3.65. The standard InChI is InChI=1S/C42H34O10/c43-24-7-1-20(2-8-24)35-37-31(16-29(48)18-33(37)50)40(41(51)21-3-9-25(44)10-4-21)39(35)32-17-30(49)19-34-38(32)36(23-13-27(46)15-28(47)14-23)42(52-34)22-5-11-26(45)12-6-22/h1-19,35-36,39-51H. The first-order valence-electron chi connectivity index (χ1n) is 16.6. The first-order chi connectivity index (χ1) is 25.0. The molecule has 9 N–H and O–H groups in total. The number of aromatic hydroxyl groups is 8. The Kier molecular flexibility index (Phi) is 7.77. The van der Waals surface area contributed by atoms with Crippen molar-refractivity contribution in [1.29, 1.82) is 0 Å². The molecule has 6 aromatic carbocycles. The van der Waals surface area contributed by atoms with E-state index in [0.29, 0.717) is 50.3 Å². The molecule has 1 aliphatic carbocycles. The summed E-state index contributed by atoms with van der Waals surface area (Å²) in [6, 6.07) is 29.0. The van der Waals surface area contributed by atoms with Gasteiger partial charge in [-0.05, 0) is 94.0 Å². The van der Waals surface area contributed by atoms with Crippen LogP contribution in [0.5, 0.6) is 51.7 Å². The van der Waals surface area contributed by atoms with Crippen molar-refractivity contribution in [1.82, 2.24) is 0 Å². The van der Waals surface area contributed by atoms with E-state index < -0.39 is 35.9 Å². The number of ether oxygens (including phenoxy) is 1. The lowest BCUT2D eigenvalue weighted by atomic mass is 9.71. The minimum absolute atomic E-state index is 0.00277. The SMILES string of the molecule is Oc1ccc(C(O)C2c3cc(O)cc(O)c3C(c3ccc(O)cc3)C2c2cc(O)cc3c2C(c2cc(O)cc(O)c2)C(c2ccc(O)cc2)O3)cc1. The van der Waals surface area contributed by atoms with E-state index in [9.17, 15) is 46.0 Å². The van der Waals surface area contributed by atoms with Crippen molar-refractivity contribution >= 4 is 0 Å². The Balaban J connectivity index is 1.43. The van der Waals surface area contributed by atoms with Crippen LogP contribution in [0.1, 0.15) is 80.4 Å². The number of hydrogen-bond acceptors (Lipinski definition) is 10. The highest BCUT2D eigenvalue weighted by molar-refractivity contribution is 5.65. The number of fused-ring (bicyclic) bond motifs is 2. The number of rotatable bonds is 6. The zero-order valence-corrected chi connectivity index (χ0v) is 27.4. The van der Waals surface area contributed by atoms with Gasteiger partial charge >= 0.3 is 0 Å². The Hall–Kier alpha value is -6.52. The molecule has 6 aromatic rings. The van der Waals surface area contributed by atoms with E-state index in [1.807, 2.05) is 0 Å². The third-order valence-corrected chi connectivity index (χ3v) is 10.3. The molecule has 10 nitrogen and oxygen atoms in total. The Morgan fingerprint density at radius 3 is 1.58 bits per heavy atom. The van der Waals surface area contributed by atoms with Gasteiger partial charge in [-0.1, -0.05) is 36.4 Å². The summed E-state index contributed by atoms with van der Waals surface area (Å²) in [5.74, 6) is -3.73. The quantitative estimate of drug-likeness (QED) is 0.0850. The van der Waals surface area contributed by atoms with E-state index in [4.69, 9.17) is 4.74 Å². The summed E-state index contributed by atoms with van der Waals surface area (Å²) in [5.41, 5.74) is 4.19. The molecule has 10 heteroatoms. The highest BCUT2D eigenvalue weighted by atomic mass is 16.5. The molecule has 0 radical (unpaired) electrons. The summed E-state index contributed by atoms with van der Waals surface area (Å²) >= 11 is 0. The minimum Gasteiger partial charge on any atom is -0.508 e. The van der Waals surface area contributed by atoms with Crippen LogP contribution in [0.15, 0.2) is 115 Å². The van der Waals surface area contributed by atoms with Gasteiger partial charge in [0.15, 0.2) is 0 Å². The van der Waals surface area contributed by atoms with Crippen molar-refractivity contribution in [2.75, 3.05) is 0 Å². The van der Waals surface area contributed by atoms with E-state index in [1.165, 1.54) is 72.8 Å². The molecule has 8 rings (SSSR count). The predicted molar refractivity (Wildman–Crippen MR) is 189 cm³/mol. The highest BCUT2D eigenvalue weighted by Gasteiger charge is 2.51. The lowest BCUT2D eigenvalue weighted by Crippen LogP contribution is -2.20. The number of benzene rings is 6. The van der Waals surface area contributed by atoms with Crippen LogP contribution >= 0.6 is 0 Å². The van der Waals surface area contributed by atoms with Gasteiger partial charge in [0.2, 0.25) is 0 Å². The minimum atomic E-state index is -1.27. The second-order valence-corrected chi connectivity index (χ2v) is 13.5. The lowest BCUT2D eigenvalue weighted by molar-refractivity contribution is 0.134. The Labute approximate surface area is 297 Å². The number of aliphatic hydroxyl groups is 1. The van der Waals surface area contributed by atoms with E-state index in [0.717, 1.165) is 0 Å². The summed E-state index contributed by atoms with van der Waals surface area (Å²) in [6.45, 7) is 0. The second kappa shape index (κ2) is 12.4. The summed E-state index contributed by atoms with van der Waals surface area (Å²) < 4.78 is 6.61. The first-order valence-corrected chi connectivity index (χ1v) is 16.6.